The molecule has 1 aliphatic heterocycles. The minimum absolute atomic E-state index is 0.474. The first-order chi connectivity index (χ1) is 9.26. The third kappa shape index (κ3) is 2.64. The first-order valence-corrected chi connectivity index (χ1v) is 7.52. The lowest BCUT2D eigenvalue weighted by molar-refractivity contribution is 0.261. The monoisotopic (exact) mass is 277 g/mol. The van der Waals surface area contributed by atoms with Crippen molar-refractivity contribution in [3.05, 3.63) is 11.4 Å². The molecule has 3 heterocycles. The number of aromatic nitrogens is 2. The van der Waals surface area contributed by atoms with Crippen molar-refractivity contribution in [1.29, 1.82) is 0 Å². The quantitative estimate of drug-likeness (QED) is 0.901. The number of thiophene rings is 1. The molecule has 2 aromatic rings. The molecule has 3 rings (SSSR count). The maximum absolute atomic E-state index is 4.57. The first kappa shape index (κ1) is 12.6. The van der Waals surface area contributed by atoms with Crippen LogP contribution < -0.4 is 10.6 Å². The van der Waals surface area contributed by atoms with E-state index in [9.17, 15) is 0 Å². The smallest absolute Gasteiger partial charge is 0.225 e. The van der Waals surface area contributed by atoms with E-state index in [-0.39, 0.29) is 0 Å². The molecule has 5 nitrogen and oxygen atoms in total. The van der Waals surface area contributed by atoms with E-state index in [0.717, 1.165) is 22.6 Å². The van der Waals surface area contributed by atoms with E-state index in [1.54, 1.807) is 11.3 Å². The van der Waals surface area contributed by atoms with Gasteiger partial charge in [0.05, 0.1) is 5.39 Å². The van der Waals surface area contributed by atoms with Crippen LogP contribution in [0.25, 0.3) is 10.2 Å². The van der Waals surface area contributed by atoms with Crippen molar-refractivity contribution in [3.63, 3.8) is 0 Å². The zero-order chi connectivity index (χ0) is 13.2. The standard InChI is InChI=1S/C13H19N5S/c1-14-13-16-11(10-5-7-19-12(10)17-13)15-9-4-3-6-18(2)8-9/h5,7,9H,3-4,6,8H2,1-2H3,(H2,14,15,16,17). The molecule has 1 aliphatic rings. The summed E-state index contributed by atoms with van der Waals surface area (Å²) in [6, 6.07) is 2.57. The maximum atomic E-state index is 4.57. The molecule has 2 aromatic heterocycles. The van der Waals surface area contributed by atoms with Crippen LogP contribution in [0.2, 0.25) is 0 Å². The predicted octanol–water partition coefficient (Wildman–Crippen LogP) is 2.24. The van der Waals surface area contributed by atoms with E-state index in [0.29, 0.717) is 12.0 Å². The van der Waals surface area contributed by atoms with Crippen molar-refractivity contribution in [3.8, 4) is 0 Å². The molecule has 0 aliphatic carbocycles. The summed E-state index contributed by atoms with van der Waals surface area (Å²) in [6.45, 7) is 2.27. The van der Waals surface area contributed by atoms with Crippen LogP contribution in [-0.4, -0.2) is 48.1 Å². The highest BCUT2D eigenvalue weighted by atomic mass is 32.1. The molecule has 102 valence electrons. The molecule has 0 radical (unpaired) electrons. The molecular formula is C13H19N5S. The topological polar surface area (TPSA) is 53.1 Å². The van der Waals surface area contributed by atoms with Gasteiger partial charge in [0, 0.05) is 19.6 Å². The van der Waals surface area contributed by atoms with Gasteiger partial charge in [0.15, 0.2) is 0 Å². The van der Waals surface area contributed by atoms with Gasteiger partial charge in [-0.1, -0.05) is 0 Å². The largest absolute Gasteiger partial charge is 0.365 e. The van der Waals surface area contributed by atoms with Gasteiger partial charge in [-0.3, -0.25) is 0 Å². The fourth-order valence-electron chi connectivity index (χ4n) is 2.55. The Morgan fingerprint density at radius 3 is 3.11 bits per heavy atom. The van der Waals surface area contributed by atoms with Crippen LogP contribution in [0.1, 0.15) is 12.8 Å². The average Bonchev–Trinajstić information content (AvgIpc) is 2.87. The predicted molar refractivity (Wildman–Crippen MR) is 81.1 cm³/mol. The average molecular weight is 277 g/mol. The number of anilines is 2. The second kappa shape index (κ2) is 5.30. The second-order valence-electron chi connectivity index (χ2n) is 5.03. The molecule has 1 fully saturated rings. The minimum Gasteiger partial charge on any atom is -0.365 e. The number of hydrogen-bond donors (Lipinski definition) is 2. The third-order valence-corrected chi connectivity index (χ3v) is 4.32. The lowest BCUT2D eigenvalue weighted by Gasteiger charge is -2.30. The molecule has 0 aromatic carbocycles. The Bertz CT molecular complexity index is 567. The Labute approximate surface area is 117 Å². The van der Waals surface area contributed by atoms with Gasteiger partial charge in [-0.05, 0) is 37.9 Å². The summed E-state index contributed by atoms with van der Waals surface area (Å²) in [6.07, 6.45) is 2.44. The molecule has 0 saturated carbocycles. The van der Waals surface area contributed by atoms with Gasteiger partial charge in [0.25, 0.3) is 0 Å². The summed E-state index contributed by atoms with van der Waals surface area (Å²) in [5, 5.41) is 9.81. The Hall–Kier alpha value is -1.40. The van der Waals surface area contributed by atoms with E-state index in [2.05, 4.69) is 44.0 Å². The number of nitrogens with zero attached hydrogens (tertiary/aromatic N) is 3. The van der Waals surface area contributed by atoms with Crippen molar-refractivity contribution in [2.45, 2.75) is 18.9 Å². The zero-order valence-electron chi connectivity index (χ0n) is 11.3. The molecule has 0 spiro atoms. The van der Waals surface area contributed by atoms with Crippen LogP contribution in [-0.2, 0) is 0 Å². The normalized spacial score (nSPS) is 20.6. The fourth-order valence-corrected chi connectivity index (χ4v) is 3.32. The van der Waals surface area contributed by atoms with E-state index >= 15 is 0 Å². The van der Waals surface area contributed by atoms with Gasteiger partial charge in [0.2, 0.25) is 5.95 Å². The molecule has 2 N–H and O–H groups in total. The maximum Gasteiger partial charge on any atom is 0.225 e. The van der Waals surface area contributed by atoms with E-state index < -0.39 is 0 Å². The van der Waals surface area contributed by atoms with Gasteiger partial charge in [0.1, 0.15) is 10.6 Å². The number of fused-ring (bicyclic) bond motifs is 1. The number of likely N-dealkylation sites (tertiary alicyclic amines) is 1. The molecule has 0 amide bonds. The SMILES string of the molecule is CNc1nc(NC2CCCN(C)C2)c2ccsc2n1. The summed E-state index contributed by atoms with van der Waals surface area (Å²) in [5.41, 5.74) is 0. The zero-order valence-corrected chi connectivity index (χ0v) is 12.1. The Morgan fingerprint density at radius 1 is 1.42 bits per heavy atom. The molecule has 6 heteroatoms. The van der Waals surface area contributed by atoms with E-state index in [4.69, 9.17) is 0 Å². The molecule has 1 atom stereocenters. The summed E-state index contributed by atoms with van der Waals surface area (Å²) in [7, 11) is 4.03. The van der Waals surface area contributed by atoms with Gasteiger partial charge in [-0.25, -0.2) is 4.98 Å². The Morgan fingerprint density at radius 2 is 2.32 bits per heavy atom. The number of hydrogen-bond acceptors (Lipinski definition) is 6. The Balaban J connectivity index is 1.88. The van der Waals surface area contributed by atoms with Crippen LogP contribution >= 0.6 is 11.3 Å². The molecular weight excluding hydrogens is 258 g/mol. The van der Waals surface area contributed by atoms with Crippen molar-refractivity contribution in [2.75, 3.05) is 37.8 Å². The number of rotatable bonds is 3. The van der Waals surface area contributed by atoms with Gasteiger partial charge >= 0.3 is 0 Å². The minimum atomic E-state index is 0.474. The number of likely N-dealkylation sites (N-methyl/N-ethyl adjacent to an activating group) is 1. The van der Waals surface area contributed by atoms with E-state index in [1.807, 2.05) is 7.05 Å². The van der Waals surface area contributed by atoms with Crippen LogP contribution in [0.5, 0.6) is 0 Å². The highest BCUT2D eigenvalue weighted by Gasteiger charge is 2.19. The second-order valence-corrected chi connectivity index (χ2v) is 5.93. The molecule has 1 unspecified atom stereocenters. The van der Waals surface area contributed by atoms with Crippen molar-refractivity contribution in [1.82, 2.24) is 14.9 Å². The summed E-state index contributed by atoms with van der Waals surface area (Å²) in [4.78, 5) is 12.4. The molecule has 1 saturated heterocycles. The van der Waals surface area contributed by atoms with Crippen molar-refractivity contribution >= 4 is 33.3 Å². The molecule has 19 heavy (non-hydrogen) atoms. The lowest BCUT2D eigenvalue weighted by atomic mass is 10.1. The number of piperidine rings is 1. The third-order valence-electron chi connectivity index (χ3n) is 3.51. The van der Waals surface area contributed by atoms with Crippen LogP contribution in [0.4, 0.5) is 11.8 Å². The Kier molecular flexibility index (Phi) is 3.52. The van der Waals surface area contributed by atoms with Gasteiger partial charge in [-0.2, -0.15) is 4.98 Å². The summed E-state index contributed by atoms with van der Waals surface area (Å²) in [5.74, 6) is 1.64. The van der Waals surface area contributed by atoms with Crippen LogP contribution in [0, 0.1) is 0 Å². The van der Waals surface area contributed by atoms with Crippen LogP contribution in [0.15, 0.2) is 11.4 Å². The van der Waals surface area contributed by atoms with Crippen molar-refractivity contribution in [2.24, 2.45) is 0 Å². The summed E-state index contributed by atoms with van der Waals surface area (Å²) < 4.78 is 0. The number of nitrogens with one attached hydrogen (secondary N) is 2. The van der Waals surface area contributed by atoms with Crippen molar-refractivity contribution < 1.29 is 0 Å². The van der Waals surface area contributed by atoms with Crippen LogP contribution in [0.3, 0.4) is 0 Å². The first-order valence-electron chi connectivity index (χ1n) is 6.64. The van der Waals surface area contributed by atoms with Gasteiger partial charge < -0.3 is 15.5 Å². The van der Waals surface area contributed by atoms with Gasteiger partial charge in [-0.15, -0.1) is 11.3 Å². The molecule has 0 bridgehead atoms. The highest BCUT2D eigenvalue weighted by molar-refractivity contribution is 7.16. The lowest BCUT2D eigenvalue weighted by Crippen LogP contribution is -2.39. The highest BCUT2D eigenvalue weighted by Crippen LogP contribution is 2.27. The fraction of sp³-hybridized carbons (Fsp3) is 0.538. The summed E-state index contributed by atoms with van der Waals surface area (Å²) >= 11 is 1.65. The van der Waals surface area contributed by atoms with E-state index in [1.165, 1.54) is 19.4 Å².